The fraction of sp³-hybridized carbons (Fsp3) is 0.278. The predicted octanol–water partition coefficient (Wildman–Crippen LogP) is 4.46. The molecule has 0 atom stereocenters. The lowest BCUT2D eigenvalue weighted by Crippen LogP contribution is -2.26. The van der Waals surface area contributed by atoms with E-state index >= 15 is 0 Å². The van der Waals surface area contributed by atoms with E-state index in [-0.39, 0.29) is 11.7 Å². The van der Waals surface area contributed by atoms with Crippen molar-refractivity contribution in [1.82, 2.24) is 5.32 Å². The van der Waals surface area contributed by atoms with E-state index < -0.39 is 0 Å². The topological polar surface area (TPSA) is 29.1 Å². The van der Waals surface area contributed by atoms with Crippen LogP contribution in [0.3, 0.4) is 0 Å². The number of nitrogens with one attached hydrogen (secondary N) is 1. The fourth-order valence-corrected chi connectivity index (χ4v) is 3.02. The average Bonchev–Trinajstić information content (AvgIpc) is 2.55. The van der Waals surface area contributed by atoms with Crippen molar-refractivity contribution in [2.24, 2.45) is 0 Å². The van der Waals surface area contributed by atoms with Crippen molar-refractivity contribution < 1.29 is 9.18 Å². The summed E-state index contributed by atoms with van der Waals surface area (Å²) in [6, 6.07) is 14.3. The SMILES string of the molecule is O=C(CCc1ccccc1F)NCCSCc1ccc(Cl)cc1. The molecule has 0 radical (unpaired) electrons. The molecule has 0 aliphatic heterocycles. The van der Waals surface area contributed by atoms with E-state index in [0.717, 1.165) is 16.5 Å². The quantitative estimate of drug-likeness (QED) is 0.711. The number of thioether (sulfide) groups is 1. The van der Waals surface area contributed by atoms with Crippen molar-refractivity contribution >= 4 is 29.3 Å². The number of amides is 1. The van der Waals surface area contributed by atoms with Crippen LogP contribution >= 0.6 is 23.4 Å². The van der Waals surface area contributed by atoms with E-state index in [1.165, 1.54) is 11.6 Å². The Morgan fingerprint density at radius 2 is 1.87 bits per heavy atom. The third-order valence-electron chi connectivity index (χ3n) is 3.33. The van der Waals surface area contributed by atoms with E-state index in [9.17, 15) is 9.18 Å². The summed E-state index contributed by atoms with van der Waals surface area (Å²) in [4.78, 5) is 11.7. The number of halogens is 2. The Kier molecular flexibility index (Phi) is 7.43. The Balaban J connectivity index is 1.58. The first kappa shape index (κ1) is 17.8. The minimum atomic E-state index is -0.251. The molecule has 0 aromatic heterocycles. The highest BCUT2D eigenvalue weighted by molar-refractivity contribution is 7.98. The van der Waals surface area contributed by atoms with Crippen molar-refractivity contribution in [3.8, 4) is 0 Å². The smallest absolute Gasteiger partial charge is 0.220 e. The Hall–Kier alpha value is -1.52. The first-order chi connectivity index (χ1) is 11.1. The first-order valence-electron chi connectivity index (χ1n) is 7.47. The Labute approximate surface area is 145 Å². The van der Waals surface area contributed by atoms with Crippen molar-refractivity contribution in [2.75, 3.05) is 12.3 Å². The highest BCUT2D eigenvalue weighted by atomic mass is 35.5. The summed E-state index contributed by atoms with van der Waals surface area (Å²) in [6.07, 6.45) is 0.735. The van der Waals surface area contributed by atoms with Gasteiger partial charge in [0.05, 0.1) is 0 Å². The molecule has 0 fully saturated rings. The van der Waals surface area contributed by atoms with Crippen molar-refractivity contribution in [2.45, 2.75) is 18.6 Å². The third kappa shape index (κ3) is 6.63. The minimum absolute atomic E-state index is 0.0413. The van der Waals surface area contributed by atoms with Gasteiger partial charge in [-0.1, -0.05) is 41.9 Å². The van der Waals surface area contributed by atoms with Gasteiger partial charge in [-0.3, -0.25) is 4.79 Å². The molecular formula is C18H19ClFNOS. The predicted molar refractivity (Wildman–Crippen MR) is 95.3 cm³/mol. The molecular weight excluding hydrogens is 333 g/mol. The molecule has 2 aromatic carbocycles. The van der Waals surface area contributed by atoms with Gasteiger partial charge in [-0.05, 0) is 35.7 Å². The summed E-state index contributed by atoms with van der Waals surface area (Å²) in [5.74, 6) is 1.44. The van der Waals surface area contributed by atoms with Crippen LogP contribution in [0.5, 0.6) is 0 Å². The average molecular weight is 352 g/mol. The van der Waals surface area contributed by atoms with Crippen LogP contribution in [0, 0.1) is 5.82 Å². The summed E-state index contributed by atoms with van der Waals surface area (Å²) < 4.78 is 13.4. The van der Waals surface area contributed by atoms with Crippen LogP contribution in [-0.2, 0) is 17.0 Å². The van der Waals surface area contributed by atoms with Gasteiger partial charge in [0.2, 0.25) is 5.91 Å². The minimum Gasteiger partial charge on any atom is -0.355 e. The molecule has 2 rings (SSSR count). The largest absolute Gasteiger partial charge is 0.355 e. The molecule has 0 aliphatic rings. The maximum absolute atomic E-state index is 13.4. The van der Waals surface area contributed by atoms with Crippen LogP contribution in [0.15, 0.2) is 48.5 Å². The summed E-state index contributed by atoms with van der Waals surface area (Å²) in [7, 11) is 0. The molecule has 0 spiro atoms. The highest BCUT2D eigenvalue weighted by Gasteiger charge is 2.05. The van der Waals surface area contributed by atoms with Crippen LogP contribution < -0.4 is 5.32 Å². The monoisotopic (exact) mass is 351 g/mol. The molecule has 122 valence electrons. The number of carbonyl (C=O) groups excluding carboxylic acids is 1. The lowest BCUT2D eigenvalue weighted by atomic mass is 10.1. The second-order valence-corrected chi connectivity index (χ2v) is 6.66. The molecule has 0 aliphatic carbocycles. The number of carbonyl (C=O) groups is 1. The van der Waals surface area contributed by atoms with Gasteiger partial charge in [0.25, 0.3) is 0 Å². The van der Waals surface area contributed by atoms with Crippen LogP contribution in [0.4, 0.5) is 4.39 Å². The van der Waals surface area contributed by atoms with E-state index in [1.807, 2.05) is 24.3 Å². The van der Waals surface area contributed by atoms with E-state index in [1.54, 1.807) is 30.0 Å². The van der Waals surface area contributed by atoms with Crippen molar-refractivity contribution in [3.63, 3.8) is 0 Å². The molecule has 2 aromatic rings. The number of rotatable bonds is 8. The molecule has 23 heavy (non-hydrogen) atoms. The van der Waals surface area contributed by atoms with Crippen LogP contribution in [0.25, 0.3) is 0 Å². The summed E-state index contributed by atoms with van der Waals surface area (Å²) in [5.41, 5.74) is 1.80. The fourth-order valence-electron chi connectivity index (χ4n) is 2.07. The molecule has 1 amide bonds. The van der Waals surface area contributed by atoms with Gasteiger partial charge >= 0.3 is 0 Å². The normalized spacial score (nSPS) is 10.5. The van der Waals surface area contributed by atoms with Gasteiger partial charge in [0.1, 0.15) is 5.82 Å². The summed E-state index contributed by atoms with van der Waals surface area (Å²) in [6.45, 7) is 0.619. The van der Waals surface area contributed by atoms with Gasteiger partial charge in [-0.15, -0.1) is 0 Å². The highest BCUT2D eigenvalue weighted by Crippen LogP contribution is 2.15. The molecule has 0 saturated heterocycles. The Morgan fingerprint density at radius 3 is 2.61 bits per heavy atom. The van der Waals surface area contributed by atoms with Crippen molar-refractivity contribution in [3.05, 3.63) is 70.5 Å². The zero-order valence-electron chi connectivity index (χ0n) is 12.7. The Morgan fingerprint density at radius 1 is 1.13 bits per heavy atom. The van der Waals surface area contributed by atoms with Gasteiger partial charge in [-0.2, -0.15) is 11.8 Å². The number of benzene rings is 2. The number of hydrogen-bond acceptors (Lipinski definition) is 2. The maximum Gasteiger partial charge on any atom is 0.220 e. The summed E-state index contributed by atoms with van der Waals surface area (Å²) >= 11 is 7.59. The maximum atomic E-state index is 13.4. The van der Waals surface area contributed by atoms with Gasteiger partial charge in [0, 0.05) is 29.5 Å². The number of hydrogen-bond donors (Lipinski definition) is 1. The molecule has 2 nitrogen and oxygen atoms in total. The van der Waals surface area contributed by atoms with Crippen LogP contribution in [-0.4, -0.2) is 18.2 Å². The molecule has 0 saturated carbocycles. The second kappa shape index (κ2) is 9.58. The zero-order chi connectivity index (χ0) is 16.5. The van der Waals surface area contributed by atoms with Gasteiger partial charge in [-0.25, -0.2) is 4.39 Å². The molecule has 1 N–H and O–H groups in total. The van der Waals surface area contributed by atoms with Crippen LogP contribution in [0.2, 0.25) is 5.02 Å². The van der Waals surface area contributed by atoms with Gasteiger partial charge in [0.15, 0.2) is 0 Å². The van der Waals surface area contributed by atoms with E-state index in [2.05, 4.69) is 5.32 Å². The van der Waals surface area contributed by atoms with Gasteiger partial charge < -0.3 is 5.32 Å². The van der Waals surface area contributed by atoms with E-state index in [0.29, 0.717) is 24.9 Å². The first-order valence-corrected chi connectivity index (χ1v) is 9.01. The molecule has 0 heterocycles. The molecule has 0 unspecified atom stereocenters. The standard InChI is InChI=1S/C18H19ClFNOS/c19-16-8-5-14(6-9-16)13-23-12-11-21-18(22)10-7-15-3-1-2-4-17(15)20/h1-6,8-9H,7,10-13H2,(H,21,22). The molecule has 5 heteroatoms. The lowest BCUT2D eigenvalue weighted by Gasteiger charge is -2.06. The molecule has 0 bridgehead atoms. The number of aryl methyl sites for hydroxylation is 1. The third-order valence-corrected chi connectivity index (χ3v) is 4.61. The Bertz CT molecular complexity index is 633. The zero-order valence-corrected chi connectivity index (χ0v) is 14.3. The second-order valence-electron chi connectivity index (χ2n) is 5.12. The lowest BCUT2D eigenvalue weighted by molar-refractivity contribution is -0.120. The van der Waals surface area contributed by atoms with Crippen LogP contribution in [0.1, 0.15) is 17.5 Å². The summed E-state index contributed by atoms with van der Waals surface area (Å²) in [5, 5.41) is 3.60. The van der Waals surface area contributed by atoms with E-state index in [4.69, 9.17) is 11.6 Å². The van der Waals surface area contributed by atoms with Crippen molar-refractivity contribution in [1.29, 1.82) is 0 Å².